The van der Waals surface area contributed by atoms with Gasteiger partial charge < -0.3 is 11.1 Å². The number of hydrogen-bond donors (Lipinski definition) is 2. The summed E-state index contributed by atoms with van der Waals surface area (Å²) in [7, 11) is 0. The molecular weight excluding hydrogens is 339 g/mol. The minimum atomic E-state index is -0.505. The van der Waals surface area contributed by atoms with Crippen LogP contribution in [0.25, 0.3) is 11.1 Å². The quantitative estimate of drug-likeness (QED) is 0.844. The van der Waals surface area contributed by atoms with E-state index in [1.165, 1.54) is 11.6 Å². The Balaban J connectivity index is 0.00000225. The second-order valence-corrected chi connectivity index (χ2v) is 6.65. The molecule has 0 aromatic heterocycles. The van der Waals surface area contributed by atoms with Gasteiger partial charge in [0.05, 0.1) is 5.56 Å². The molecular formula is C20H24ClFN2O. The van der Waals surface area contributed by atoms with E-state index in [-0.39, 0.29) is 29.9 Å². The van der Waals surface area contributed by atoms with Crippen molar-refractivity contribution in [3.05, 3.63) is 58.9 Å². The van der Waals surface area contributed by atoms with E-state index in [0.717, 1.165) is 29.5 Å². The molecule has 0 radical (unpaired) electrons. The van der Waals surface area contributed by atoms with Gasteiger partial charge in [0.15, 0.2) is 0 Å². The highest BCUT2D eigenvalue weighted by atomic mass is 35.5. The average Bonchev–Trinajstić information content (AvgIpc) is 3.39. The Labute approximate surface area is 154 Å². The first-order chi connectivity index (χ1) is 11.5. The standard InChI is InChI=1S/C20H23FN2O.ClH/c1-12-3-4-15(9-13(12)2)16-7-8-17(18(21)10-16)20(24)23-19(11-22)14-5-6-14;/h3-4,7-10,14,19H,5-6,11,22H2,1-2H3,(H,23,24);1H. The van der Waals surface area contributed by atoms with Gasteiger partial charge >= 0.3 is 0 Å². The molecule has 0 aliphatic heterocycles. The van der Waals surface area contributed by atoms with Gasteiger partial charge in [-0.05, 0) is 67.0 Å². The van der Waals surface area contributed by atoms with Crippen LogP contribution < -0.4 is 11.1 Å². The number of benzene rings is 2. The first kappa shape index (κ1) is 19.4. The topological polar surface area (TPSA) is 55.1 Å². The molecule has 1 amide bonds. The lowest BCUT2D eigenvalue weighted by atomic mass is 9.99. The fourth-order valence-corrected chi connectivity index (χ4v) is 2.91. The van der Waals surface area contributed by atoms with E-state index in [0.29, 0.717) is 12.5 Å². The van der Waals surface area contributed by atoms with Crippen molar-refractivity contribution < 1.29 is 9.18 Å². The summed E-state index contributed by atoms with van der Waals surface area (Å²) in [5.41, 5.74) is 9.84. The summed E-state index contributed by atoms with van der Waals surface area (Å²) in [6.45, 7) is 4.46. The summed E-state index contributed by atoms with van der Waals surface area (Å²) in [6, 6.07) is 10.7. The number of nitrogens with two attached hydrogens (primary N) is 1. The minimum absolute atomic E-state index is 0. The average molecular weight is 363 g/mol. The first-order valence-corrected chi connectivity index (χ1v) is 8.37. The molecule has 3 rings (SSSR count). The van der Waals surface area contributed by atoms with Gasteiger partial charge in [0.1, 0.15) is 5.82 Å². The molecule has 0 saturated heterocycles. The number of carbonyl (C=O) groups excluding carboxylic acids is 1. The van der Waals surface area contributed by atoms with Crippen LogP contribution in [0.5, 0.6) is 0 Å². The third kappa shape index (κ3) is 4.39. The molecule has 5 heteroatoms. The molecule has 1 aliphatic rings. The largest absolute Gasteiger partial charge is 0.348 e. The van der Waals surface area contributed by atoms with E-state index < -0.39 is 5.82 Å². The van der Waals surface area contributed by atoms with E-state index in [2.05, 4.69) is 5.32 Å². The van der Waals surface area contributed by atoms with E-state index in [4.69, 9.17) is 5.73 Å². The van der Waals surface area contributed by atoms with Crippen molar-refractivity contribution in [1.29, 1.82) is 0 Å². The predicted molar refractivity (Wildman–Crippen MR) is 102 cm³/mol. The van der Waals surface area contributed by atoms with Gasteiger partial charge in [-0.25, -0.2) is 4.39 Å². The van der Waals surface area contributed by atoms with E-state index in [1.807, 2.05) is 32.0 Å². The lowest BCUT2D eigenvalue weighted by molar-refractivity contribution is 0.0929. The SMILES string of the molecule is Cc1ccc(-c2ccc(C(=O)NC(CN)C3CC3)c(F)c2)cc1C.Cl. The molecule has 3 nitrogen and oxygen atoms in total. The molecule has 1 atom stereocenters. The molecule has 2 aromatic carbocycles. The maximum Gasteiger partial charge on any atom is 0.254 e. The Morgan fingerprint density at radius 3 is 2.36 bits per heavy atom. The monoisotopic (exact) mass is 362 g/mol. The maximum atomic E-state index is 14.4. The Kier molecular flexibility index (Phi) is 6.20. The lowest BCUT2D eigenvalue weighted by Gasteiger charge is -2.16. The van der Waals surface area contributed by atoms with Crippen LogP contribution >= 0.6 is 12.4 Å². The van der Waals surface area contributed by atoms with Gasteiger partial charge in [0.2, 0.25) is 0 Å². The molecule has 3 N–H and O–H groups in total. The van der Waals surface area contributed by atoms with Gasteiger partial charge in [-0.3, -0.25) is 4.79 Å². The fourth-order valence-electron chi connectivity index (χ4n) is 2.91. The molecule has 25 heavy (non-hydrogen) atoms. The van der Waals surface area contributed by atoms with Gasteiger partial charge in [0, 0.05) is 12.6 Å². The van der Waals surface area contributed by atoms with E-state index in [1.54, 1.807) is 12.1 Å². The molecule has 1 unspecified atom stereocenters. The van der Waals surface area contributed by atoms with E-state index >= 15 is 0 Å². The lowest BCUT2D eigenvalue weighted by Crippen LogP contribution is -2.42. The van der Waals surface area contributed by atoms with Crippen LogP contribution in [0, 0.1) is 25.6 Å². The predicted octanol–water partition coefficient (Wildman–Crippen LogP) is 4.00. The van der Waals surface area contributed by atoms with Crippen molar-refractivity contribution >= 4 is 18.3 Å². The van der Waals surface area contributed by atoms with Crippen LogP contribution in [-0.2, 0) is 0 Å². The maximum absolute atomic E-state index is 14.4. The molecule has 1 fully saturated rings. The highest BCUT2D eigenvalue weighted by molar-refractivity contribution is 5.95. The number of aryl methyl sites for hydroxylation is 2. The molecule has 2 aromatic rings. The van der Waals surface area contributed by atoms with Crippen molar-refractivity contribution in [1.82, 2.24) is 5.32 Å². The summed E-state index contributed by atoms with van der Waals surface area (Å²) < 4.78 is 14.4. The zero-order valence-electron chi connectivity index (χ0n) is 14.5. The van der Waals surface area contributed by atoms with Crippen molar-refractivity contribution in [3.8, 4) is 11.1 Å². The van der Waals surface area contributed by atoms with Crippen LogP contribution in [0.2, 0.25) is 0 Å². The first-order valence-electron chi connectivity index (χ1n) is 8.37. The number of halogens is 2. The van der Waals surface area contributed by atoms with Crippen molar-refractivity contribution in [2.45, 2.75) is 32.7 Å². The molecule has 1 aliphatic carbocycles. The van der Waals surface area contributed by atoms with Crippen molar-refractivity contribution in [2.75, 3.05) is 6.54 Å². The number of hydrogen-bond acceptors (Lipinski definition) is 2. The van der Waals surface area contributed by atoms with Gasteiger partial charge in [-0.2, -0.15) is 0 Å². The van der Waals surface area contributed by atoms with Crippen LogP contribution in [0.1, 0.15) is 34.3 Å². The summed E-state index contributed by atoms with van der Waals surface area (Å²) in [5.74, 6) is -0.451. The zero-order chi connectivity index (χ0) is 17.3. The van der Waals surface area contributed by atoms with Gasteiger partial charge in [-0.1, -0.05) is 24.3 Å². The van der Waals surface area contributed by atoms with Crippen molar-refractivity contribution in [3.63, 3.8) is 0 Å². The summed E-state index contributed by atoms with van der Waals surface area (Å²) in [4.78, 5) is 12.3. The highest BCUT2D eigenvalue weighted by Gasteiger charge is 2.31. The summed E-state index contributed by atoms with van der Waals surface area (Å²) >= 11 is 0. The third-order valence-electron chi connectivity index (χ3n) is 4.82. The van der Waals surface area contributed by atoms with E-state index in [9.17, 15) is 9.18 Å². The van der Waals surface area contributed by atoms with Crippen LogP contribution in [0.15, 0.2) is 36.4 Å². The molecule has 0 spiro atoms. The normalized spacial score (nSPS) is 14.6. The zero-order valence-corrected chi connectivity index (χ0v) is 15.3. The molecule has 134 valence electrons. The van der Waals surface area contributed by atoms with Crippen LogP contribution in [-0.4, -0.2) is 18.5 Å². The van der Waals surface area contributed by atoms with Crippen LogP contribution in [0.3, 0.4) is 0 Å². The van der Waals surface area contributed by atoms with Crippen LogP contribution in [0.4, 0.5) is 4.39 Å². The third-order valence-corrected chi connectivity index (χ3v) is 4.82. The Morgan fingerprint density at radius 2 is 1.80 bits per heavy atom. The second-order valence-electron chi connectivity index (χ2n) is 6.65. The van der Waals surface area contributed by atoms with Crippen molar-refractivity contribution in [2.24, 2.45) is 11.7 Å². The number of rotatable bonds is 5. The summed E-state index contributed by atoms with van der Waals surface area (Å²) in [6.07, 6.45) is 2.16. The molecule has 0 heterocycles. The minimum Gasteiger partial charge on any atom is -0.348 e. The molecule has 1 saturated carbocycles. The number of carbonyl (C=O) groups is 1. The number of nitrogens with one attached hydrogen (secondary N) is 1. The fraction of sp³-hybridized carbons (Fsp3) is 0.350. The highest BCUT2D eigenvalue weighted by Crippen LogP contribution is 2.32. The Hall–Kier alpha value is -1.91. The number of amides is 1. The van der Waals surface area contributed by atoms with Gasteiger partial charge in [-0.15, -0.1) is 12.4 Å². The molecule has 0 bridgehead atoms. The van der Waals surface area contributed by atoms with Gasteiger partial charge in [0.25, 0.3) is 5.91 Å². The summed E-state index contributed by atoms with van der Waals surface area (Å²) in [5, 5.41) is 2.86. The Bertz CT molecular complexity index is 774. The second kappa shape index (κ2) is 7.98. The Morgan fingerprint density at radius 1 is 1.16 bits per heavy atom. The smallest absolute Gasteiger partial charge is 0.254 e.